The maximum atomic E-state index is 11.9. The van der Waals surface area contributed by atoms with Gasteiger partial charge in [0.25, 0.3) is 0 Å². The summed E-state index contributed by atoms with van der Waals surface area (Å²) in [6.07, 6.45) is 3.73. The van der Waals surface area contributed by atoms with Gasteiger partial charge in [-0.15, -0.1) is 0 Å². The van der Waals surface area contributed by atoms with Crippen molar-refractivity contribution in [2.24, 2.45) is 0 Å². The number of methoxy groups -OCH3 is 1. The average molecular weight is 330 g/mol. The minimum absolute atomic E-state index is 0.0656. The second-order valence-corrected chi connectivity index (χ2v) is 6.06. The van der Waals surface area contributed by atoms with E-state index in [0.717, 1.165) is 30.2 Å². The molecular formula is C18H26N4O2. The van der Waals surface area contributed by atoms with Crippen LogP contribution < -0.4 is 4.74 Å². The molecule has 6 heteroatoms. The second-order valence-electron chi connectivity index (χ2n) is 6.06. The Balaban J connectivity index is 2.06. The van der Waals surface area contributed by atoms with E-state index in [4.69, 9.17) is 4.74 Å². The first kappa shape index (κ1) is 18.0. The van der Waals surface area contributed by atoms with E-state index in [0.29, 0.717) is 13.1 Å². The normalized spacial score (nSPS) is 10.9. The summed E-state index contributed by atoms with van der Waals surface area (Å²) in [5, 5.41) is 0. The van der Waals surface area contributed by atoms with Crippen molar-refractivity contribution in [2.75, 3.05) is 34.3 Å². The Labute approximate surface area is 143 Å². The third kappa shape index (κ3) is 5.09. The molecule has 0 radical (unpaired) electrons. The van der Waals surface area contributed by atoms with E-state index in [-0.39, 0.29) is 5.91 Å². The van der Waals surface area contributed by atoms with Gasteiger partial charge in [0.2, 0.25) is 5.91 Å². The first-order chi connectivity index (χ1) is 11.5. The van der Waals surface area contributed by atoms with Gasteiger partial charge in [-0.25, -0.2) is 4.98 Å². The molecule has 0 fully saturated rings. The molecule has 24 heavy (non-hydrogen) atoms. The monoisotopic (exact) mass is 330 g/mol. The number of rotatable bonds is 8. The van der Waals surface area contributed by atoms with Crippen LogP contribution >= 0.6 is 0 Å². The van der Waals surface area contributed by atoms with Gasteiger partial charge in [0.15, 0.2) is 0 Å². The molecule has 1 aromatic heterocycles. The molecule has 0 bridgehead atoms. The van der Waals surface area contributed by atoms with Crippen LogP contribution in [0.3, 0.4) is 0 Å². The van der Waals surface area contributed by atoms with Gasteiger partial charge in [-0.05, 0) is 31.8 Å². The van der Waals surface area contributed by atoms with Crippen LogP contribution in [0.15, 0.2) is 36.7 Å². The number of carbonyl (C=O) groups is 1. The molecule has 1 amide bonds. The predicted molar refractivity (Wildman–Crippen MR) is 94.0 cm³/mol. The number of likely N-dealkylation sites (N-methyl/N-ethyl adjacent to an activating group) is 1. The van der Waals surface area contributed by atoms with Gasteiger partial charge in [0.05, 0.1) is 13.7 Å². The van der Waals surface area contributed by atoms with Crippen LogP contribution in [0.2, 0.25) is 0 Å². The van der Waals surface area contributed by atoms with Crippen molar-refractivity contribution in [3.63, 3.8) is 0 Å². The van der Waals surface area contributed by atoms with E-state index in [2.05, 4.69) is 14.5 Å². The molecule has 0 unspecified atom stereocenters. The number of carbonyl (C=O) groups excluding carboxylic acids is 1. The highest BCUT2D eigenvalue weighted by atomic mass is 16.5. The second kappa shape index (κ2) is 8.49. The van der Waals surface area contributed by atoms with Gasteiger partial charge in [-0.2, -0.15) is 0 Å². The van der Waals surface area contributed by atoms with Gasteiger partial charge >= 0.3 is 0 Å². The number of aromatic nitrogens is 2. The third-order valence-electron chi connectivity index (χ3n) is 3.91. The SMILES string of the molecule is COc1ccc(Cn2ccnc2CN(CCN(C)C)C(C)=O)cc1. The van der Waals surface area contributed by atoms with E-state index in [1.54, 1.807) is 20.2 Å². The number of ether oxygens (including phenoxy) is 1. The summed E-state index contributed by atoms with van der Waals surface area (Å²) in [6, 6.07) is 7.98. The number of hydrogen-bond donors (Lipinski definition) is 0. The molecule has 0 aliphatic carbocycles. The average Bonchev–Trinajstić information content (AvgIpc) is 2.98. The highest BCUT2D eigenvalue weighted by Gasteiger charge is 2.13. The van der Waals surface area contributed by atoms with Crippen molar-refractivity contribution >= 4 is 5.91 Å². The summed E-state index contributed by atoms with van der Waals surface area (Å²) in [5.74, 6) is 1.80. The Bertz CT molecular complexity index is 649. The molecule has 1 heterocycles. The minimum Gasteiger partial charge on any atom is -0.497 e. The number of amides is 1. The Morgan fingerprint density at radius 3 is 2.50 bits per heavy atom. The summed E-state index contributed by atoms with van der Waals surface area (Å²) in [5.41, 5.74) is 1.16. The number of hydrogen-bond acceptors (Lipinski definition) is 4. The molecule has 0 spiro atoms. The zero-order valence-corrected chi connectivity index (χ0v) is 14.9. The molecular weight excluding hydrogens is 304 g/mol. The van der Waals surface area contributed by atoms with Crippen LogP contribution in [0.1, 0.15) is 18.3 Å². The molecule has 2 aromatic rings. The Morgan fingerprint density at radius 1 is 1.21 bits per heavy atom. The van der Waals surface area contributed by atoms with Gasteiger partial charge in [0, 0.05) is 39.0 Å². The summed E-state index contributed by atoms with van der Waals surface area (Å²) in [4.78, 5) is 20.2. The van der Waals surface area contributed by atoms with Gasteiger partial charge in [-0.3, -0.25) is 4.79 Å². The summed E-state index contributed by atoms with van der Waals surface area (Å²) < 4.78 is 7.26. The quantitative estimate of drug-likeness (QED) is 0.741. The van der Waals surface area contributed by atoms with Crippen molar-refractivity contribution in [1.29, 1.82) is 0 Å². The van der Waals surface area contributed by atoms with Crippen LogP contribution in [0.25, 0.3) is 0 Å². The van der Waals surface area contributed by atoms with Crippen LogP contribution in [0.5, 0.6) is 5.75 Å². The molecule has 130 valence electrons. The third-order valence-corrected chi connectivity index (χ3v) is 3.91. The van der Waals surface area contributed by atoms with Crippen molar-refractivity contribution in [3.8, 4) is 5.75 Å². The number of imidazole rings is 1. The number of nitrogens with zero attached hydrogens (tertiary/aromatic N) is 4. The van der Waals surface area contributed by atoms with Gasteiger partial charge < -0.3 is 19.1 Å². The van der Waals surface area contributed by atoms with Gasteiger partial charge in [0.1, 0.15) is 11.6 Å². The smallest absolute Gasteiger partial charge is 0.219 e. The molecule has 0 atom stereocenters. The molecule has 1 aromatic carbocycles. The van der Waals surface area contributed by atoms with Crippen LogP contribution in [-0.4, -0.2) is 59.6 Å². The largest absolute Gasteiger partial charge is 0.497 e. The molecule has 0 saturated carbocycles. The molecule has 0 saturated heterocycles. The van der Waals surface area contributed by atoms with E-state index in [1.807, 2.05) is 49.5 Å². The highest BCUT2D eigenvalue weighted by Crippen LogP contribution is 2.13. The lowest BCUT2D eigenvalue weighted by molar-refractivity contribution is -0.129. The van der Waals surface area contributed by atoms with E-state index >= 15 is 0 Å². The van der Waals surface area contributed by atoms with Crippen LogP contribution in [0, 0.1) is 0 Å². The topological polar surface area (TPSA) is 50.6 Å². The number of benzene rings is 1. The first-order valence-corrected chi connectivity index (χ1v) is 8.02. The van der Waals surface area contributed by atoms with E-state index < -0.39 is 0 Å². The minimum atomic E-state index is 0.0656. The summed E-state index contributed by atoms with van der Waals surface area (Å²) in [7, 11) is 5.67. The maximum absolute atomic E-state index is 11.9. The van der Waals surface area contributed by atoms with Crippen molar-refractivity contribution in [1.82, 2.24) is 19.4 Å². The van der Waals surface area contributed by atoms with Crippen molar-refractivity contribution in [3.05, 3.63) is 48.0 Å². The van der Waals surface area contributed by atoms with Crippen LogP contribution in [0.4, 0.5) is 0 Å². The Kier molecular flexibility index (Phi) is 6.37. The van der Waals surface area contributed by atoms with E-state index in [9.17, 15) is 4.79 Å². The highest BCUT2D eigenvalue weighted by molar-refractivity contribution is 5.73. The fourth-order valence-electron chi connectivity index (χ4n) is 2.40. The maximum Gasteiger partial charge on any atom is 0.219 e. The van der Waals surface area contributed by atoms with Crippen molar-refractivity contribution in [2.45, 2.75) is 20.0 Å². The van der Waals surface area contributed by atoms with Crippen molar-refractivity contribution < 1.29 is 9.53 Å². The van der Waals surface area contributed by atoms with Crippen LogP contribution in [-0.2, 0) is 17.9 Å². The first-order valence-electron chi connectivity index (χ1n) is 8.02. The van der Waals surface area contributed by atoms with Gasteiger partial charge in [-0.1, -0.05) is 12.1 Å². The lowest BCUT2D eigenvalue weighted by atomic mass is 10.2. The molecule has 6 nitrogen and oxygen atoms in total. The summed E-state index contributed by atoms with van der Waals surface area (Å²) in [6.45, 7) is 4.37. The predicted octanol–water partition coefficient (Wildman–Crippen LogP) is 1.85. The lowest BCUT2D eigenvalue weighted by Gasteiger charge is -2.23. The zero-order valence-electron chi connectivity index (χ0n) is 14.9. The molecule has 0 N–H and O–H groups in total. The molecule has 2 rings (SSSR count). The molecule has 0 aliphatic rings. The fourth-order valence-corrected chi connectivity index (χ4v) is 2.40. The standard InChI is InChI=1S/C18H26N4O2/c1-15(23)21(12-11-20(2)3)14-18-19-9-10-22(18)13-16-5-7-17(24-4)8-6-16/h5-10H,11-14H2,1-4H3. The molecule has 0 aliphatic heterocycles. The lowest BCUT2D eigenvalue weighted by Crippen LogP contribution is -2.35. The zero-order chi connectivity index (χ0) is 17.5. The Morgan fingerprint density at radius 2 is 1.92 bits per heavy atom. The Hall–Kier alpha value is -2.34. The van der Waals surface area contributed by atoms with E-state index in [1.165, 1.54) is 0 Å². The fraction of sp³-hybridized carbons (Fsp3) is 0.444. The summed E-state index contributed by atoms with van der Waals surface area (Å²) >= 11 is 0.